The summed E-state index contributed by atoms with van der Waals surface area (Å²) >= 11 is 0. The topological polar surface area (TPSA) is 55.6 Å². The first-order valence-corrected chi connectivity index (χ1v) is 5.20. The van der Waals surface area contributed by atoms with Crippen LogP contribution in [0.5, 0.6) is 0 Å². The summed E-state index contributed by atoms with van der Waals surface area (Å²) in [6, 6.07) is 2.03. The summed E-state index contributed by atoms with van der Waals surface area (Å²) in [5, 5.41) is 11.2. The first-order valence-electron chi connectivity index (χ1n) is 5.20. The molecule has 0 saturated heterocycles. The highest BCUT2D eigenvalue weighted by Gasteiger charge is 2.01. The third-order valence-electron chi connectivity index (χ3n) is 2.54. The van der Waals surface area contributed by atoms with Crippen molar-refractivity contribution in [1.82, 2.24) is 25.1 Å². The van der Waals surface area contributed by atoms with Gasteiger partial charge in [0.05, 0.1) is 6.54 Å². The second-order valence-corrected chi connectivity index (χ2v) is 3.76. The summed E-state index contributed by atoms with van der Waals surface area (Å²) in [5.74, 6) is 0.937. The van der Waals surface area contributed by atoms with Crippen molar-refractivity contribution in [3.8, 4) is 0 Å². The van der Waals surface area contributed by atoms with Crippen LogP contribution in [0.1, 0.15) is 17.0 Å². The molecule has 0 aliphatic carbocycles. The standard InChI is InChI=1S/C11H15N5/c1-9-5-12-4-3-10(9)6-13-7-11-15-14-8-16(11)2/h3-5,8,13H,6-7H2,1-2H3. The number of pyridine rings is 1. The minimum atomic E-state index is 0.720. The Hall–Kier alpha value is -1.75. The van der Waals surface area contributed by atoms with E-state index in [9.17, 15) is 0 Å². The van der Waals surface area contributed by atoms with E-state index in [0.29, 0.717) is 0 Å². The number of hydrogen-bond acceptors (Lipinski definition) is 4. The van der Waals surface area contributed by atoms with E-state index in [2.05, 4.69) is 27.4 Å². The first-order chi connectivity index (χ1) is 7.77. The average Bonchev–Trinajstić information content (AvgIpc) is 2.67. The number of hydrogen-bond donors (Lipinski definition) is 1. The van der Waals surface area contributed by atoms with Crippen LogP contribution in [-0.2, 0) is 20.1 Å². The predicted molar refractivity (Wildman–Crippen MR) is 60.5 cm³/mol. The van der Waals surface area contributed by atoms with Crippen molar-refractivity contribution >= 4 is 0 Å². The van der Waals surface area contributed by atoms with Gasteiger partial charge < -0.3 is 9.88 Å². The van der Waals surface area contributed by atoms with Crippen LogP contribution in [-0.4, -0.2) is 19.7 Å². The molecule has 0 radical (unpaired) electrons. The van der Waals surface area contributed by atoms with Gasteiger partial charge in [-0.2, -0.15) is 0 Å². The monoisotopic (exact) mass is 217 g/mol. The summed E-state index contributed by atoms with van der Waals surface area (Å²) < 4.78 is 1.91. The Kier molecular flexibility index (Phi) is 3.26. The number of aryl methyl sites for hydroxylation is 2. The highest BCUT2D eigenvalue weighted by molar-refractivity contribution is 5.21. The van der Waals surface area contributed by atoms with Crippen molar-refractivity contribution in [2.24, 2.45) is 7.05 Å². The molecular weight excluding hydrogens is 202 g/mol. The zero-order valence-corrected chi connectivity index (χ0v) is 9.51. The average molecular weight is 217 g/mol. The molecule has 0 spiro atoms. The lowest BCUT2D eigenvalue weighted by molar-refractivity contribution is 0.635. The fraction of sp³-hybridized carbons (Fsp3) is 0.364. The van der Waals surface area contributed by atoms with Crippen LogP contribution >= 0.6 is 0 Å². The molecule has 0 saturated carbocycles. The summed E-state index contributed by atoms with van der Waals surface area (Å²) in [6.45, 7) is 3.60. The van der Waals surface area contributed by atoms with Gasteiger partial charge in [0.2, 0.25) is 0 Å². The molecule has 2 aromatic heterocycles. The van der Waals surface area contributed by atoms with Crippen LogP contribution in [0.4, 0.5) is 0 Å². The van der Waals surface area contributed by atoms with Crippen molar-refractivity contribution in [3.63, 3.8) is 0 Å². The smallest absolute Gasteiger partial charge is 0.146 e. The van der Waals surface area contributed by atoms with Gasteiger partial charge >= 0.3 is 0 Å². The van der Waals surface area contributed by atoms with Crippen LogP contribution in [0.3, 0.4) is 0 Å². The molecule has 0 fully saturated rings. The van der Waals surface area contributed by atoms with E-state index < -0.39 is 0 Å². The molecule has 0 bridgehead atoms. The number of nitrogens with zero attached hydrogens (tertiary/aromatic N) is 4. The van der Waals surface area contributed by atoms with Crippen LogP contribution in [0.25, 0.3) is 0 Å². The molecule has 5 heteroatoms. The van der Waals surface area contributed by atoms with Crippen LogP contribution in [0.2, 0.25) is 0 Å². The zero-order chi connectivity index (χ0) is 11.4. The number of aromatic nitrogens is 4. The van der Waals surface area contributed by atoms with Gasteiger partial charge in [-0.1, -0.05) is 0 Å². The lowest BCUT2D eigenvalue weighted by atomic mass is 10.1. The Balaban J connectivity index is 1.89. The Labute approximate surface area is 94.5 Å². The molecule has 16 heavy (non-hydrogen) atoms. The first kappa shape index (κ1) is 10.8. The molecular formula is C11H15N5. The Morgan fingerprint density at radius 2 is 2.25 bits per heavy atom. The van der Waals surface area contributed by atoms with Gasteiger partial charge in [0.15, 0.2) is 0 Å². The molecule has 0 atom stereocenters. The van der Waals surface area contributed by atoms with Crippen LogP contribution < -0.4 is 5.32 Å². The van der Waals surface area contributed by atoms with Gasteiger partial charge in [0, 0.05) is 26.0 Å². The quantitative estimate of drug-likeness (QED) is 0.823. The molecule has 0 aliphatic rings. The van der Waals surface area contributed by atoms with E-state index in [0.717, 1.165) is 18.9 Å². The Bertz CT molecular complexity index is 463. The SMILES string of the molecule is Cc1cnccc1CNCc1nncn1C. The van der Waals surface area contributed by atoms with E-state index in [1.54, 1.807) is 6.33 Å². The fourth-order valence-corrected chi connectivity index (χ4v) is 1.48. The van der Waals surface area contributed by atoms with Gasteiger partial charge in [-0.3, -0.25) is 4.98 Å². The highest BCUT2D eigenvalue weighted by Crippen LogP contribution is 2.04. The van der Waals surface area contributed by atoms with Crippen molar-refractivity contribution in [3.05, 3.63) is 41.7 Å². The molecule has 0 unspecified atom stereocenters. The summed E-state index contributed by atoms with van der Waals surface area (Å²) in [6.07, 6.45) is 5.39. The molecule has 84 valence electrons. The maximum Gasteiger partial charge on any atom is 0.146 e. The van der Waals surface area contributed by atoms with E-state index in [4.69, 9.17) is 0 Å². The third kappa shape index (κ3) is 2.43. The minimum Gasteiger partial charge on any atom is -0.320 e. The lowest BCUT2D eigenvalue weighted by Gasteiger charge is -2.06. The van der Waals surface area contributed by atoms with Gasteiger partial charge in [0.25, 0.3) is 0 Å². The lowest BCUT2D eigenvalue weighted by Crippen LogP contribution is -2.16. The molecule has 5 nitrogen and oxygen atoms in total. The van der Waals surface area contributed by atoms with Crippen LogP contribution in [0, 0.1) is 6.92 Å². The maximum absolute atomic E-state index is 4.06. The largest absolute Gasteiger partial charge is 0.320 e. The molecule has 0 amide bonds. The molecule has 2 heterocycles. The number of rotatable bonds is 4. The number of nitrogens with one attached hydrogen (secondary N) is 1. The van der Waals surface area contributed by atoms with Gasteiger partial charge in [-0.15, -0.1) is 10.2 Å². The molecule has 1 N–H and O–H groups in total. The molecule has 2 rings (SSSR count). The van der Waals surface area contributed by atoms with Crippen LogP contribution in [0.15, 0.2) is 24.8 Å². The van der Waals surface area contributed by atoms with E-state index in [1.165, 1.54) is 11.1 Å². The Morgan fingerprint density at radius 1 is 1.38 bits per heavy atom. The summed E-state index contributed by atoms with van der Waals surface area (Å²) in [4.78, 5) is 4.06. The third-order valence-corrected chi connectivity index (χ3v) is 2.54. The van der Waals surface area contributed by atoms with Gasteiger partial charge in [0.1, 0.15) is 12.2 Å². The summed E-state index contributed by atoms with van der Waals surface area (Å²) in [5.41, 5.74) is 2.46. The summed E-state index contributed by atoms with van der Waals surface area (Å²) in [7, 11) is 1.94. The zero-order valence-electron chi connectivity index (χ0n) is 9.51. The molecule has 2 aromatic rings. The second-order valence-electron chi connectivity index (χ2n) is 3.76. The highest BCUT2D eigenvalue weighted by atomic mass is 15.3. The van der Waals surface area contributed by atoms with Gasteiger partial charge in [-0.25, -0.2) is 0 Å². The van der Waals surface area contributed by atoms with E-state index in [1.807, 2.05) is 30.1 Å². The molecule has 0 aliphatic heterocycles. The van der Waals surface area contributed by atoms with E-state index >= 15 is 0 Å². The van der Waals surface area contributed by atoms with Crippen molar-refractivity contribution in [2.75, 3.05) is 0 Å². The predicted octanol–water partition coefficient (Wildman–Crippen LogP) is 0.808. The van der Waals surface area contributed by atoms with E-state index in [-0.39, 0.29) is 0 Å². The minimum absolute atomic E-state index is 0.720. The second kappa shape index (κ2) is 4.85. The van der Waals surface area contributed by atoms with Crippen molar-refractivity contribution in [1.29, 1.82) is 0 Å². The Morgan fingerprint density at radius 3 is 2.94 bits per heavy atom. The van der Waals surface area contributed by atoms with Crippen molar-refractivity contribution < 1.29 is 0 Å². The fourth-order valence-electron chi connectivity index (χ4n) is 1.48. The van der Waals surface area contributed by atoms with Crippen molar-refractivity contribution in [2.45, 2.75) is 20.0 Å². The maximum atomic E-state index is 4.06. The normalized spacial score (nSPS) is 10.6. The van der Waals surface area contributed by atoms with Gasteiger partial charge in [-0.05, 0) is 24.1 Å². The molecule has 0 aromatic carbocycles.